The molecular formula is C22H21F2N2OPt-. The summed E-state index contributed by atoms with van der Waals surface area (Å²) in [5, 5.41) is 10.2. The summed E-state index contributed by atoms with van der Waals surface area (Å²) in [4.78, 5) is 9.18. The van der Waals surface area contributed by atoms with E-state index >= 15 is 0 Å². The molecule has 0 aliphatic rings. The van der Waals surface area contributed by atoms with E-state index in [0.29, 0.717) is 17.1 Å². The zero-order valence-corrected chi connectivity index (χ0v) is 18.3. The van der Waals surface area contributed by atoms with Crippen LogP contribution in [-0.4, -0.2) is 15.1 Å². The van der Waals surface area contributed by atoms with Crippen molar-refractivity contribution >= 4 is 0 Å². The van der Waals surface area contributed by atoms with Crippen molar-refractivity contribution in [3.05, 3.63) is 83.3 Å². The summed E-state index contributed by atoms with van der Waals surface area (Å²) in [6.45, 7) is 7.27. The molecule has 0 saturated heterocycles. The minimum Gasteiger partial charge on any atom is -0.384 e. The summed E-state index contributed by atoms with van der Waals surface area (Å²) < 4.78 is 27.3. The first-order valence-electron chi connectivity index (χ1n) is 8.64. The van der Waals surface area contributed by atoms with E-state index in [1.54, 1.807) is 32.0 Å². The van der Waals surface area contributed by atoms with Gasteiger partial charge in [-0.2, -0.15) is 0 Å². The molecule has 0 spiro atoms. The Balaban J connectivity index is 0.00000280. The normalized spacial score (nSPS) is 11.8. The van der Waals surface area contributed by atoms with Gasteiger partial charge in [0, 0.05) is 43.8 Å². The number of hydrogen-bond acceptors (Lipinski definition) is 3. The molecule has 0 atom stereocenters. The third kappa shape index (κ3) is 4.53. The molecule has 3 aromatic rings. The minimum atomic E-state index is -1.06. The molecule has 1 aromatic carbocycles. The Kier molecular flexibility index (Phi) is 6.52. The topological polar surface area (TPSA) is 46.0 Å². The van der Waals surface area contributed by atoms with Gasteiger partial charge in [0.25, 0.3) is 0 Å². The van der Waals surface area contributed by atoms with Crippen LogP contribution in [0.3, 0.4) is 0 Å². The number of halogens is 2. The maximum absolute atomic E-state index is 14.1. The zero-order chi connectivity index (χ0) is 19.8. The maximum atomic E-state index is 14.1. The number of aliphatic hydroxyl groups is 1. The quantitative estimate of drug-likeness (QED) is 0.466. The number of rotatable bonds is 4. The van der Waals surface area contributed by atoms with E-state index in [0.717, 1.165) is 17.8 Å². The van der Waals surface area contributed by atoms with Crippen LogP contribution in [0.2, 0.25) is 0 Å². The van der Waals surface area contributed by atoms with E-state index in [1.165, 1.54) is 0 Å². The van der Waals surface area contributed by atoms with Crippen molar-refractivity contribution in [3.8, 4) is 11.3 Å². The first kappa shape index (κ1) is 22.3. The van der Waals surface area contributed by atoms with E-state index in [2.05, 4.69) is 16.0 Å². The molecule has 3 nitrogen and oxygen atoms in total. The summed E-state index contributed by atoms with van der Waals surface area (Å²) in [6.07, 6.45) is 0. The monoisotopic (exact) mass is 562 g/mol. The second-order valence-corrected chi connectivity index (χ2v) is 7.54. The predicted molar refractivity (Wildman–Crippen MR) is 100 cm³/mol. The summed E-state index contributed by atoms with van der Waals surface area (Å²) in [5.41, 5.74) is 0.806. The molecule has 0 unspecified atom stereocenters. The molecule has 6 heteroatoms. The number of benzene rings is 1. The Morgan fingerprint density at radius 1 is 0.893 bits per heavy atom. The molecule has 150 valence electrons. The summed E-state index contributed by atoms with van der Waals surface area (Å²) >= 11 is 0. The average Bonchev–Trinajstić information content (AvgIpc) is 2.61. The Morgan fingerprint density at radius 2 is 1.46 bits per heavy atom. The number of nitrogens with zero attached hydrogens (tertiary/aromatic N) is 2. The van der Waals surface area contributed by atoms with Gasteiger partial charge in [-0.3, -0.25) is 13.8 Å². The van der Waals surface area contributed by atoms with Gasteiger partial charge >= 0.3 is 0 Å². The Labute approximate surface area is 178 Å². The van der Waals surface area contributed by atoms with Crippen LogP contribution in [0.15, 0.2) is 48.5 Å². The van der Waals surface area contributed by atoms with E-state index in [9.17, 15) is 13.9 Å². The molecule has 0 aliphatic heterocycles. The Bertz CT molecular complexity index is 984. The second kappa shape index (κ2) is 8.18. The largest absolute Gasteiger partial charge is 0.384 e. The third-order valence-electron chi connectivity index (χ3n) is 4.52. The van der Waals surface area contributed by atoms with Gasteiger partial charge in [0.05, 0.1) is 11.4 Å². The molecule has 0 aliphatic carbocycles. The summed E-state index contributed by atoms with van der Waals surface area (Å²) in [7, 11) is 0. The molecular weight excluding hydrogens is 541 g/mol. The van der Waals surface area contributed by atoms with Crippen LogP contribution >= 0.6 is 0 Å². The van der Waals surface area contributed by atoms with E-state index in [1.807, 2.05) is 32.0 Å². The number of aromatic nitrogens is 2. The van der Waals surface area contributed by atoms with Crippen LogP contribution < -0.4 is 0 Å². The molecule has 0 radical (unpaired) electrons. The molecule has 0 amide bonds. The van der Waals surface area contributed by atoms with Crippen LogP contribution in [0.4, 0.5) is 8.78 Å². The predicted octanol–water partition coefficient (Wildman–Crippen LogP) is 4.77. The van der Waals surface area contributed by atoms with Gasteiger partial charge in [0.15, 0.2) is 0 Å². The number of hydrogen-bond donors (Lipinski definition) is 1. The fourth-order valence-corrected chi connectivity index (χ4v) is 2.82. The van der Waals surface area contributed by atoms with Gasteiger partial charge in [0.2, 0.25) is 0 Å². The van der Waals surface area contributed by atoms with Gasteiger partial charge < -0.3 is 10.1 Å². The molecule has 2 aromatic heterocycles. The van der Waals surface area contributed by atoms with Crippen LogP contribution in [-0.2, 0) is 32.1 Å². The van der Waals surface area contributed by atoms with E-state index < -0.39 is 22.7 Å². The van der Waals surface area contributed by atoms with Crippen molar-refractivity contribution in [3.63, 3.8) is 0 Å². The van der Waals surface area contributed by atoms with Crippen molar-refractivity contribution in [1.29, 1.82) is 0 Å². The number of pyridine rings is 2. The zero-order valence-electron chi connectivity index (χ0n) is 16.0. The van der Waals surface area contributed by atoms with Crippen molar-refractivity contribution in [1.82, 2.24) is 9.97 Å². The van der Waals surface area contributed by atoms with Crippen molar-refractivity contribution < 1.29 is 35.0 Å². The first-order valence-corrected chi connectivity index (χ1v) is 8.64. The van der Waals surface area contributed by atoms with Gasteiger partial charge in [-0.1, -0.05) is 29.8 Å². The summed E-state index contributed by atoms with van der Waals surface area (Å²) in [5.74, 6) is -1.39. The molecule has 1 N–H and O–H groups in total. The maximum Gasteiger partial charge on any atom is 0.101 e. The Hall–Kier alpha value is -1.97. The standard InChI is InChI=1S/C22H21F2N2O.Pt/c1-21(2,19-9-6-10-20(26-19)22(3,4)27)18-8-5-7-17(25-18)15-12-11-14(23)13-16(15)24;/h5-11,13,27H,1-4H3;/q-1;. The van der Waals surface area contributed by atoms with Gasteiger partial charge in [0.1, 0.15) is 5.60 Å². The third-order valence-corrected chi connectivity index (χ3v) is 4.52. The van der Waals surface area contributed by atoms with E-state index in [4.69, 9.17) is 0 Å². The van der Waals surface area contributed by atoms with Crippen LogP contribution in [0.5, 0.6) is 0 Å². The van der Waals surface area contributed by atoms with Crippen LogP contribution in [0.25, 0.3) is 11.3 Å². The van der Waals surface area contributed by atoms with Gasteiger partial charge in [-0.25, -0.2) is 0 Å². The van der Waals surface area contributed by atoms with Crippen LogP contribution in [0, 0.1) is 17.7 Å². The van der Waals surface area contributed by atoms with Gasteiger partial charge in [-0.05, 0) is 51.6 Å². The second-order valence-electron chi connectivity index (χ2n) is 7.54. The summed E-state index contributed by atoms with van der Waals surface area (Å²) in [6, 6.07) is 15.3. The fraction of sp³-hybridized carbons (Fsp3) is 0.273. The average molecular weight is 562 g/mol. The molecule has 0 fully saturated rings. The SMILES string of the molecule is CC(C)(O)c1cccc(C(C)(C)c2cccc(-c3[c-]cc(F)cc3F)n2)n1.[Pt]. The molecule has 28 heavy (non-hydrogen) atoms. The van der Waals surface area contributed by atoms with Gasteiger partial charge in [-0.15, -0.1) is 12.1 Å². The fourth-order valence-electron chi connectivity index (χ4n) is 2.82. The molecule has 3 rings (SSSR count). The molecule has 0 saturated carbocycles. The van der Waals surface area contributed by atoms with Crippen molar-refractivity contribution in [2.75, 3.05) is 0 Å². The molecule has 0 bridgehead atoms. The van der Waals surface area contributed by atoms with Crippen molar-refractivity contribution in [2.24, 2.45) is 0 Å². The first-order chi connectivity index (χ1) is 12.6. The smallest absolute Gasteiger partial charge is 0.101 e. The van der Waals surface area contributed by atoms with Crippen molar-refractivity contribution in [2.45, 2.75) is 38.7 Å². The van der Waals surface area contributed by atoms with E-state index in [-0.39, 0.29) is 26.6 Å². The molecule has 2 heterocycles. The Morgan fingerprint density at radius 3 is 2.07 bits per heavy atom. The van der Waals surface area contributed by atoms with Crippen LogP contribution in [0.1, 0.15) is 44.8 Å². The minimum absolute atomic E-state index is 0.